The molecule has 18 heavy (non-hydrogen) atoms. The van der Waals surface area contributed by atoms with Gasteiger partial charge >= 0.3 is 0 Å². The molecule has 3 nitrogen and oxygen atoms in total. The molecule has 3 rings (SSSR count). The predicted octanol–water partition coefficient (Wildman–Crippen LogP) is 4.13. The summed E-state index contributed by atoms with van der Waals surface area (Å²) in [7, 11) is 0. The van der Waals surface area contributed by atoms with Crippen LogP contribution in [0.25, 0.3) is 11.4 Å². The third-order valence-electron chi connectivity index (χ3n) is 2.53. The van der Waals surface area contributed by atoms with Gasteiger partial charge in [0, 0.05) is 10.9 Å². The Labute approximate surface area is 113 Å². The number of hydrogen-bond acceptors (Lipinski definition) is 4. The predicted molar refractivity (Wildman–Crippen MR) is 71.7 cm³/mol. The van der Waals surface area contributed by atoms with Crippen LogP contribution in [0.15, 0.2) is 51.7 Å². The first-order chi connectivity index (χ1) is 8.84. The van der Waals surface area contributed by atoms with Crippen molar-refractivity contribution < 1.29 is 4.52 Å². The lowest BCUT2D eigenvalue weighted by Gasteiger charge is -2.03. The lowest BCUT2D eigenvalue weighted by molar-refractivity contribution is 0.383. The van der Waals surface area contributed by atoms with Gasteiger partial charge in [0.05, 0.1) is 0 Å². The number of hydrogen-bond donors (Lipinski definition) is 0. The Balaban J connectivity index is 1.90. The molecular weight excluding hydrogens is 268 g/mol. The third kappa shape index (κ3) is 2.17. The van der Waals surface area contributed by atoms with Crippen LogP contribution in [0.5, 0.6) is 0 Å². The Bertz CT molecular complexity index is 622. The first-order valence-corrected chi connectivity index (χ1v) is 6.78. The third-order valence-corrected chi connectivity index (χ3v) is 3.65. The minimum Gasteiger partial charge on any atom is -0.337 e. The lowest BCUT2D eigenvalue weighted by atomic mass is 10.1. The molecule has 0 amide bonds. The molecule has 0 radical (unpaired) electrons. The maximum atomic E-state index is 6.31. The second-order valence-electron chi connectivity index (χ2n) is 3.74. The summed E-state index contributed by atoms with van der Waals surface area (Å²) in [5.41, 5.74) is 1.90. The monoisotopic (exact) mass is 276 g/mol. The number of nitrogens with zero attached hydrogens (tertiary/aromatic N) is 2. The molecule has 0 bridgehead atoms. The van der Waals surface area contributed by atoms with Gasteiger partial charge < -0.3 is 4.52 Å². The molecule has 2 aromatic heterocycles. The van der Waals surface area contributed by atoms with Crippen molar-refractivity contribution in [3.05, 3.63) is 58.6 Å². The number of thiophene rings is 1. The van der Waals surface area contributed by atoms with Gasteiger partial charge in [0.25, 0.3) is 0 Å². The van der Waals surface area contributed by atoms with Gasteiger partial charge in [-0.3, -0.25) is 0 Å². The molecule has 5 heteroatoms. The van der Waals surface area contributed by atoms with Crippen molar-refractivity contribution in [3.8, 4) is 11.4 Å². The van der Waals surface area contributed by atoms with Crippen LogP contribution in [0, 0.1) is 0 Å². The smallest absolute Gasteiger partial charge is 0.249 e. The summed E-state index contributed by atoms with van der Waals surface area (Å²) in [5, 5.41) is 7.48. The van der Waals surface area contributed by atoms with Gasteiger partial charge in [0.2, 0.25) is 11.7 Å². The molecule has 0 saturated carbocycles. The van der Waals surface area contributed by atoms with Crippen LogP contribution in [0.2, 0.25) is 0 Å². The van der Waals surface area contributed by atoms with Crippen molar-refractivity contribution in [2.45, 2.75) is 5.38 Å². The summed E-state index contributed by atoms with van der Waals surface area (Å²) >= 11 is 7.91. The highest BCUT2D eigenvalue weighted by Gasteiger charge is 2.18. The Morgan fingerprint density at radius 1 is 1.17 bits per heavy atom. The van der Waals surface area contributed by atoms with Gasteiger partial charge in [-0.05, 0) is 17.0 Å². The Morgan fingerprint density at radius 3 is 2.72 bits per heavy atom. The van der Waals surface area contributed by atoms with Crippen LogP contribution in [0.1, 0.15) is 16.8 Å². The quantitative estimate of drug-likeness (QED) is 0.675. The lowest BCUT2D eigenvalue weighted by Crippen LogP contribution is -1.92. The minimum absolute atomic E-state index is 0.411. The molecule has 0 aliphatic heterocycles. The summed E-state index contributed by atoms with van der Waals surface area (Å²) in [6.07, 6.45) is 0. The van der Waals surface area contributed by atoms with Crippen molar-refractivity contribution in [2.75, 3.05) is 0 Å². The van der Waals surface area contributed by atoms with E-state index in [1.165, 1.54) is 0 Å². The van der Waals surface area contributed by atoms with Gasteiger partial charge in [0.15, 0.2) is 0 Å². The first kappa shape index (κ1) is 11.4. The Hall–Kier alpha value is -1.65. The van der Waals surface area contributed by atoms with Crippen LogP contribution < -0.4 is 0 Å². The summed E-state index contributed by atoms with van der Waals surface area (Å²) in [6, 6.07) is 11.6. The zero-order valence-corrected chi connectivity index (χ0v) is 10.9. The standard InChI is InChI=1S/C13H9ClN2OS/c14-11(9-4-2-1-3-5-9)13-15-12(16-17-13)10-6-7-18-8-10/h1-8,11H. The van der Waals surface area contributed by atoms with Crippen molar-refractivity contribution >= 4 is 22.9 Å². The minimum atomic E-state index is -0.411. The fraction of sp³-hybridized carbons (Fsp3) is 0.0769. The van der Waals surface area contributed by atoms with Crippen LogP contribution in [-0.4, -0.2) is 10.1 Å². The number of alkyl halides is 1. The molecule has 2 heterocycles. The number of aromatic nitrogens is 2. The van der Waals surface area contributed by atoms with Gasteiger partial charge in [-0.15, -0.1) is 11.6 Å². The van der Waals surface area contributed by atoms with Crippen LogP contribution in [0.3, 0.4) is 0 Å². The normalized spacial score (nSPS) is 12.5. The average Bonchev–Trinajstić information content (AvgIpc) is 3.09. The van der Waals surface area contributed by atoms with E-state index in [0.717, 1.165) is 11.1 Å². The zero-order valence-electron chi connectivity index (χ0n) is 9.29. The van der Waals surface area contributed by atoms with E-state index in [1.807, 2.05) is 47.2 Å². The molecule has 1 unspecified atom stereocenters. The summed E-state index contributed by atoms with van der Waals surface area (Å²) in [5.74, 6) is 0.997. The molecule has 1 atom stereocenters. The summed E-state index contributed by atoms with van der Waals surface area (Å²) < 4.78 is 5.22. The maximum Gasteiger partial charge on any atom is 0.249 e. The van der Waals surface area contributed by atoms with Gasteiger partial charge in [-0.1, -0.05) is 35.5 Å². The SMILES string of the molecule is ClC(c1ccccc1)c1nc(-c2ccsc2)no1. The van der Waals surface area contributed by atoms with Crippen LogP contribution in [-0.2, 0) is 0 Å². The van der Waals surface area contributed by atoms with Gasteiger partial charge in [-0.25, -0.2) is 0 Å². The van der Waals surface area contributed by atoms with E-state index < -0.39 is 5.38 Å². The summed E-state index contributed by atoms with van der Waals surface area (Å²) in [6.45, 7) is 0. The highest BCUT2D eigenvalue weighted by Crippen LogP contribution is 2.29. The molecule has 1 aromatic carbocycles. The second kappa shape index (κ2) is 4.92. The Morgan fingerprint density at radius 2 is 2.00 bits per heavy atom. The maximum absolute atomic E-state index is 6.31. The van der Waals surface area contributed by atoms with Gasteiger partial charge in [0.1, 0.15) is 5.38 Å². The van der Waals surface area contributed by atoms with Crippen molar-refractivity contribution in [3.63, 3.8) is 0 Å². The van der Waals surface area contributed by atoms with E-state index in [2.05, 4.69) is 10.1 Å². The van der Waals surface area contributed by atoms with E-state index in [0.29, 0.717) is 11.7 Å². The van der Waals surface area contributed by atoms with E-state index in [-0.39, 0.29) is 0 Å². The fourth-order valence-corrected chi connectivity index (χ4v) is 2.48. The number of halogens is 1. The first-order valence-electron chi connectivity index (χ1n) is 5.40. The largest absolute Gasteiger partial charge is 0.337 e. The number of rotatable bonds is 3. The van der Waals surface area contributed by atoms with Crippen molar-refractivity contribution in [1.82, 2.24) is 10.1 Å². The van der Waals surface area contributed by atoms with Crippen LogP contribution in [0.4, 0.5) is 0 Å². The highest BCUT2D eigenvalue weighted by molar-refractivity contribution is 7.08. The summed E-state index contributed by atoms with van der Waals surface area (Å²) in [4.78, 5) is 4.33. The highest BCUT2D eigenvalue weighted by atomic mass is 35.5. The van der Waals surface area contributed by atoms with Crippen molar-refractivity contribution in [2.24, 2.45) is 0 Å². The number of benzene rings is 1. The molecule has 3 aromatic rings. The Kier molecular flexibility index (Phi) is 3.13. The molecule has 0 N–H and O–H groups in total. The molecule has 0 fully saturated rings. The van der Waals surface area contributed by atoms with Gasteiger partial charge in [-0.2, -0.15) is 16.3 Å². The molecule has 0 aliphatic carbocycles. The van der Waals surface area contributed by atoms with Crippen molar-refractivity contribution in [1.29, 1.82) is 0 Å². The van der Waals surface area contributed by atoms with E-state index in [4.69, 9.17) is 16.1 Å². The zero-order chi connectivity index (χ0) is 12.4. The fourth-order valence-electron chi connectivity index (χ4n) is 1.61. The molecule has 0 aliphatic rings. The van der Waals surface area contributed by atoms with E-state index in [1.54, 1.807) is 11.3 Å². The van der Waals surface area contributed by atoms with E-state index >= 15 is 0 Å². The second-order valence-corrected chi connectivity index (χ2v) is 4.96. The molecular formula is C13H9ClN2OS. The van der Waals surface area contributed by atoms with E-state index in [9.17, 15) is 0 Å². The molecule has 0 saturated heterocycles. The molecule has 0 spiro atoms. The topological polar surface area (TPSA) is 38.9 Å². The van der Waals surface area contributed by atoms with Crippen LogP contribution >= 0.6 is 22.9 Å². The average molecular weight is 277 g/mol. The molecule has 90 valence electrons.